The van der Waals surface area contributed by atoms with Crippen LogP contribution in [-0.4, -0.2) is 43.9 Å². The van der Waals surface area contributed by atoms with Crippen LogP contribution in [0.5, 0.6) is 0 Å². The number of hydrogen-bond donors (Lipinski definition) is 0. The number of nitrogens with zero attached hydrogens (tertiary/aromatic N) is 2. The quantitative estimate of drug-likeness (QED) is 0.737. The minimum Gasteiger partial charge on any atom is -0.323 e. The number of para-hydroxylation sites is 1. The first-order valence-corrected chi connectivity index (χ1v) is 8.91. The Balaban J connectivity index is 2.25. The van der Waals surface area contributed by atoms with Gasteiger partial charge in [0.1, 0.15) is 6.73 Å². The fraction of sp³-hybridized carbons (Fsp3) is 0.467. The fourth-order valence-electron chi connectivity index (χ4n) is 2.19. The summed E-state index contributed by atoms with van der Waals surface area (Å²) >= 11 is 0. The van der Waals surface area contributed by atoms with Gasteiger partial charge >= 0.3 is 7.60 Å². The molecule has 0 fully saturated rings. The topological polar surface area (TPSA) is 43.7 Å². The van der Waals surface area contributed by atoms with Gasteiger partial charge in [-0.3, -0.25) is 9.09 Å². The molecule has 0 saturated heterocycles. The van der Waals surface area contributed by atoms with Crippen LogP contribution in [0.2, 0.25) is 0 Å². The maximum absolute atomic E-state index is 11.8. The van der Waals surface area contributed by atoms with E-state index in [4.69, 9.17) is 9.05 Å². The van der Waals surface area contributed by atoms with Crippen LogP contribution in [0.3, 0.4) is 0 Å². The van der Waals surface area contributed by atoms with Crippen molar-refractivity contribution in [1.29, 1.82) is 0 Å². The Morgan fingerprint density at radius 3 is 2.67 bits per heavy atom. The Hall–Kier alpha value is -1.13. The Labute approximate surface area is 126 Å². The molecule has 0 saturated carbocycles. The molecule has 1 atom stereocenters. The summed E-state index contributed by atoms with van der Waals surface area (Å²) < 4.78 is 24.1. The highest BCUT2D eigenvalue weighted by Gasteiger charge is 2.16. The summed E-state index contributed by atoms with van der Waals surface area (Å²) in [4.78, 5) is 2.16. The summed E-state index contributed by atoms with van der Waals surface area (Å²) in [5.74, 6) is 0. The van der Waals surface area contributed by atoms with E-state index in [-0.39, 0.29) is 6.73 Å². The Kier molecular flexibility index (Phi) is 5.22. The highest BCUT2D eigenvalue weighted by molar-refractivity contribution is 7.52. The van der Waals surface area contributed by atoms with Crippen LogP contribution in [0.1, 0.15) is 5.56 Å². The van der Waals surface area contributed by atoms with E-state index in [2.05, 4.69) is 31.3 Å². The zero-order chi connectivity index (χ0) is 15.5. The first-order chi connectivity index (χ1) is 9.93. The van der Waals surface area contributed by atoms with Crippen molar-refractivity contribution in [2.24, 2.45) is 0 Å². The van der Waals surface area contributed by atoms with Crippen LogP contribution >= 0.6 is 7.60 Å². The molecule has 2 rings (SSSR count). The molecule has 0 aliphatic carbocycles. The molecule has 0 aliphatic rings. The van der Waals surface area contributed by atoms with Crippen molar-refractivity contribution in [1.82, 2.24) is 9.47 Å². The van der Waals surface area contributed by atoms with E-state index in [1.165, 1.54) is 24.7 Å². The molecule has 1 heterocycles. The summed E-state index contributed by atoms with van der Waals surface area (Å²) in [5, 5.41) is 1.21. The summed E-state index contributed by atoms with van der Waals surface area (Å²) in [6.45, 7) is 2.69. The minimum absolute atomic E-state index is 0.226. The van der Waals surface area contributed by atoms with Gasteiger partial charge in [-0.15, -0.1) is 0 Å². The van der Waals surface area contributed by atoms with Gasteiger partial charge in [0, 0.05) is 31.9 Å². The van der Waals surface area contributed by atoms with Crippen molar-refractivity contribution in [3.8, 4) is 0 Å². The minimum atomic E-state index is -2.97. The summed E-state index contributed by atoms with van der Waals surface area (Å²) in [6, 6.07) is 8.19. The van der Waals surface area contributed by atoms with Crippen LogP contribution in [-0.2, 0) is 26.8 Å². The van der Waals surface area contributed by atoms with Gasteiger partial charge in [0.15, 0.2) is 0 Å². The molecule has 0 spiro atoms. The molecule has 0 radical (unpaired) electrons. The lowest BCUT2D eigenvalue weighted by molar-refractivity contribution is 0.191. The molecule has 1 unspecified atom stereocenters. The number of benzene rings is 1. The van der Waals surface area contributed by atoms with Crippen molar-refractivity contribution in [2.45, 2.75) is 13.2 Å². The van der Waals surface area contributed by atoms with E-state index in [0.29, 0.717) is 0 Å². The summed E-state index contributed by atoms with van der Waals surface area (Å²) in [6.07, 6.45) is 3.04. The van der Waals surface area contributed by atoms with Crippen molar-refractivity contribution in [2.75, 3.05) is 34.4 Å². The van der Waals surface area contributed by atoms with Crippen molar-refractivity contribution < 1.29 is 13.6 Å². The molecule has 5 nitrogen and oxygen atoms in total. The third-order valence-corrected chi connectivity index (χ3v) is 4.71. The largest absolute Gasteiger partial charge is 0.329 e. The first-order valence-electron chi connectivity index (χ1n) is 6.92. The lowest BCUT2D eigenvalue weighted by Gasteiger charge is -2.12. The van der Waals surface area contributed by atoms with Crippen molar-refractivity contribution in [3.63, 3.8) is 0 Å². The van der Waals surface area contributed by atoms with E-state index in [1.807, 2.05) is 22.8 Å². The number of fused-ring (bicyclic) bond motifs is 1. The predicted octanol–water partition coefficient (Wildman–Crippen LogP) is 3.19. The maximum atomic E-state index is 11.8. The number of aromatic nitrogens is 1. The summed E-state index contributed by atoms with van der Waals surface area (Å²) in [7, 11) is 2.56. The van der Waals surface area contributed by atoms with Gasteiger partial charge in [-0.1, -0.05) is 18.2 Å². The molecule has 2 aromatic rings. The summed E-state index contributed by atoms with van der Waals surface area (Å²) in [5.41, 5.74) is 2.36. The third kappa shape index (κ3) is 4.17. The lowest BCUT2D eigenvalue weighted by Crippen LogP contribution is -2.14. The second-order valence-corrected chi connectivity index (χ2v) is 7.57. The highest BCUT2D eigenvalue weighted by Crippen LogP contribution is 2.43. The van der Waals surface area contributed by atoms with Crippen molar-refractivity contribution in [3.05, 3.63) is 36.0 Å². The predicted molar refractivity (Wildman–Crippen MR) is 85.8 cm³/mol. The molecule has 21 heavy (non-hydrogen) atoms. The highest BCUT2D eigenvalue weighted by atomic mass is 31.2. The molecule has 6 heteroatoms. The maximum Gasteiger partial charge on any atom is 0.329 e. The van der Waals surface area contributed by atoms with Gasteiger partial charge in [-0.2, -0.15) is 0 Å². The smallest absolute Gasteiger partial charge is 0.323 e. The Morgan fingerprint density at radius 1 is 1.29 bits per heavy atom. The van der Waals surface area contributed by atoms with E-state index in [9.17, 15) is 4.57 Å². The van der Waals surface area contributed by atoms with Crippen LogP contribution < -0.4 is 0 Å². The second-order valence-electron chi connectivity index (χ2n) is 5.41. The molecular weight excluding hydrogens is 287 g/mol. The molecule has 1 aromatic carbocycles. The number of likely N-dealkylation sites (N-methyl/N-ethyl adjacent to an activating group) is 1. The lowest BCUT2D eigenvalue weighted by atomic mass is 10.1. The van der Waals surface area contributed by atoms with E-state index in [1.54, 1.807) is 0 Å². The third-order valence-electron chi connectivity index (χ3n) is 3.46. The average molecular weight is 310 g/mol. The zero-order valence-corrected chi connectivity index (χ0v) is 14.0. The number of hydrogen-bond acceptors (Lipinski definition) is 4. The fourth-order valence-corrected chi connectivity index (χ4v) is 2.63. The molecule has 0 N–H and O–H groups in total. The van der Waals surface area contributed by atoms with E-state index < -0.39 is 7.60 Å². The van der Waals surface area contributed by atoms with Gasteiger partial charge in [0.2, 0.25) is 0 Å². The van der Waals surface area contributed by atoms with Gasteiger partial charge in [-0.05, 0) is 32.1 Å². The van der Waals surface area contributed by atoms with Gasteiger partial charge in [-0.25, -0.2) is 0 Å². The molecule has 116 valence electrons. The van der Waals surface area contributed by atoms with Crippen LogP contribution in [0, 0.1) is 0 Å². The van der Waals surface area contributed by atoms with Gasteiger partial charge in [0.25, 0.3) is 0 Å². The molecule has 0 amide bonds. The van der Waals surface area contributed by atoms with E-state index in [0.717, 1.165) is 18.5 Å². The van der Waals surface area contributed by atoms with Crippen LogP contribution in [0.15, 0.2) is 30.5 Å². The zero-order valence-electron chi connectivity index (χ0n) is 13.1. The Bertz CT molecular complexity index is 651. The SMILES string of the molecule is COP(C)(=O)OCn1cc(CCN(C)C)c2ccccc21. The average Bonchev–Trinajstić information content (AvgIpc) is 2.81. The first kappa shape index (κ1) is 16.2. The molecule has 0 bridgehead atoms. The second kappa shape index (κ2) is 6.75. The Morgan fingerprint density at radius 2 is 2.00 bits per heavy atom. The van der Waals surface area contributed by atoms with Crippen molar-refractivity contribution >= 4 is 18.5 Å². The van der Waals surface area contributed by atoms with Gasteiger partial charge in [0.05, 0.1) is 5.52 Å². The van der Waals surface area contributed by atoms with Gasteiger partial charge < -0.3 is 14.0 Å². The van der Waals surface area contributed by atoms with Crippen LogP contribution in [0.25, 0.3) is 10.9 Å². The molecular formula is C15H23N2O3P. The van der Waals surface area contributed by atoms with Crippen LogP contribution in [0.4, 0.5) is 0 Å². The normalized spacial score (nSPS) is 14.7. The number of rotatable bonds is 7. The van der Waals surface area contributed by atoms with E-state index >= 15 is 0 Å². The molecule has 0 aliphatic heterocycles. The standard InChI is InChI=1S/C15H23N2O3P/c1-16(2)10-9-13-11-17(12-20-21(4,18)19-3)15-8-6-5-7-14(13)15/h5-8,11H,9-10,12H2,1-4H3. The monoisotopic (exact) mass is 310 g/mol. The molecule has 1 aromatic heterocycles.